The van der Waals surface area contributed by atoms with Crippen molar-refractivity contribution in [2.45, 2.75) is 25.0 Å². The molecule has 2 N–H and O–H groups in total. The lowest BCUT2D eigenvalue weighted by Gasteiger charge is -2.26. The molecule has 0 saturated heterocycles. The lowest BCUT2D eigenvalue weighted by atomic mass is 9.97. The summed E-state index contributed by atoms with van der Waals surface area (Å²) in [6.07, 6.45) is -2.19. The zero-order valence-corrected chi connectivity index (χ0v) is 17.3. The third-order valence-electron chi connectivity index (χ3n) is 4.84. The molecule has 2 aromatic rings. The number of amidine groups is 2. The van der Waals surface area contributed by atoms with Gasteiger partial charge in [0.1, 0.15) is 5.84 Å². The van der Waals surface area contributed by atoms with Gasteiger partial charge in [0.2, 0.25) is 0 Å². The molecule has 0 fully saturated rings. The largest absolute Gasteiger partial charge is 0.493 e. The molecule has 0 amide bonds. The molecule has 29 heavy (non-hydrogen) atoms. The fraction of sp³-hybridized carbons (Fsp3) is 0.333. The van der Waals surface area contributed by atoms with Crippen LogP contribution in [0, 0.1) is 10.8 Å². The SMILES string of the molecule is CCc1ccc2c(c1)[C@@H](c1cccc(OC)c1OC)SCC(=N)N2C(=N)C(F)F. The summed E-state index contributed by atoms with van der Waals surface area (Å²) in [7, 11) is 3.12. The van der Waals surface area contributed by atoms with Gasteiger partial charge in [-0.2, -0.15) is 0 Å². The minimum Gasteiger partial charge on any atom is -0.493 e. The number of halogens is 2. The lowest BCUT2D eigenvalue weighted by Crippen LogP contribution is -2.40. The van der Waals surface area contributed by atoms with Crippen molar-refractivity contribution in [2.24, 2.45) is 0 Å². The van der Waals surface area contributed by atoms with Crippen molar-refractivity contribution >= 4 is 29.1 Å². The molecule has 0 spiro atoms. The third kappa shape index (κ3) is 3.94. The predicted molar refractivity (Wildman–Crippen MR) is 114 cm³/mol. The fourth-order valence-corrected chi connectivity index (χ4v) is 4.64. The van der Waals surface area contributed by atoms with E-state index >= 15 is 0 Å². The maximum absolute atomic E-state index is 13.4. The molecule has 0 saturated carbocycles. The second-order valence-corrected chi connectivity index (χ2v) is 7.58. The highest BCUT2D eigenvalue weighted by atomic mass is 32.2. The number of aryl methyl sites for hydroxylation is 1. The number of nitrogens with zero attached hydrogens (tertiary/aromatic N) is 1. The van der Waals surface area contributed by atoms with Crippen molar-refractivity contribution in [1.82, 2.24) is 0 Å². The van der Waals surface area contributed by atoms with Crippen LogP contribution in [0.25, 0.3) is 0 Å². The van der Waals surface area contributed by atoms with Crippen molar-refractivity contribution in [3.8, 4) is 11.5 Å². The molecular weight excluding hydrogens is 396 g/mol. The Balaban J connectivity index is 2.24. The molecule has 3 rings (SSSR count). The normalized spacial score (nSPS) is 16.4. The van der Waals surface area contributed by atoms with Crippen LogP contribution in [0.15, 0.2) is 36.4 Å². The topological polar surface area (TPSA) is 69.4 Å². The van der Waals surface area contributed by atoms with E-state index in [1.165, 1.54) is 11.8 Å². The molecule has 154 valence electrons. The van der Waals surface area contributed by atoms with E-state index in [0.717, 1.165) is 28.0 Å². The van der Waals surface area contributed by atoms with Crippen LogP contribution in [0.3, 0.4) is 0 Å². The molecule has 1 heterocycles. The van der Waals surface area contributed by atoms with E-state index in [-0.39, 0.29) is 16.8 Å². The highest BCUT2D eigenvalue weighted by Gasteiger charge is 2.34. The number of thioether (sulfide) groups is 1. The second kappa shape index (κ2) is 8.82. The quantitative estimate of drug-likeness (QED) is 0.521. The van der Waals surface area contributed by atoms with Crippen molar-refractivity contribution in [3.05, 3.63) is 53.1 Å². The van der Waals surface area contributed by atoms with Crippen LogP contribution in [0.2, 0.25) is 0 Å². The Morgan fingerprint density at radius 1 is 1.21 bits per heavy atom. The Bertz CT molecular complexity index is 936. The standard InChI is InChI=1S/C21H23F2N3O2S/c1-4-12-8-9-15-14(10-12)19(13-6-5-7-16(27-2)18(13)28-3)29-11-17(24)26(15)21(25)20(22)23/h5-10,19-20,24-25H,4,11H2,1-3H3/t19-/m1/s1. The first kappa shape index (κ1) is 21.1. The summed E-state index contributed by atoms with van der Waals surface area (Å²) >= 11 is 1.45. The zero-order valence-electron chi connectivity index (χ0n) is 16.5. The molecule has 1 atom stereocenters. The van der Waals surface area contributed by atoms with Gasteiger partial charge < -0.3 is 9.47 Å². The van der Waals surface area contributed by atoms with Crippen molar-refractivity contribution in [2.75, 3.05) is 24.9 Å². The summed E-state index contributed by atoms with van der Waals surface area (Å²) in [6.45, 7) is 2.02. The van der Waals surface area contributed by atoms with E-state index in [9.17, 15) is 8.78 Å². The molecular formula is C21H23F2N3O2S. The molecule has 1 aliphatic heterocycles. The van der Waals surface area contributed by atoms with Gasteiger partial charge in [0.25, 0.3) is 6.43 Å². The average molecular weight is 419 g/mol. The first-order valence-electron chi connectivity index (χ1n) is 9.12. The number of benzene rings is 2. The van der Waals surface area contributed by atoms with Crippen LogP contribution in [0.5, 0.6) is 11.5 Å². The van der Waals surface area contributed by atoms with E-state index in [2.05, 4.69) is 0 Å². The third-order valence-corrected chi connectivity index (χ3v) is 6.12. The summed E-state index contributed by atoms with van der Waals surface area (Å²) in [4.78, 5) is 1.05. The van der Waals surface area contributed by atoms with Crippen LogP contribution in [-0.4, -0.2) is 38.1 Å². The van der Waals surface area contributed by atoms with Gasteiger partial charge in [0, 0.05) is 5.56 Å². The van der Waals surface area contributed by atoms with Crippen LogP contribution >= 0.6 is 11.8 Å². The van der Waals surface area contributed by atoms with E-state index in [0.29, 0.717) is 17.2 Å². The Morgan fingerprint density at radius 2 is 1.97 bits per heavy atom. The molecule has 0 radical (unpaired) electrons. The highest BCUT2D eigenvalue weighted by molar-refractivity contribution is 8.00. The van der Waals surface area contributed by atoms with E-state index in [1.54, 1.807) is 26.4 Å². The molecule has 0 unspecified atom stereocenters. The number of hydrogen-bond donors (Lipinski definition) is 2. The summed E-state index contributed by atoms with van der Waals surface area (Å²) < 4.78 is 37.8. The average Bonchev–Trinajstić information content (AvgIpc) is 2.87. The first-order valence-corrected chi connectivity index (χ1v) is 10.2. The van der Waals surface area contributed by atoms with E-state index in [1.807, 2.05) is 31.2 Å². The summed E-state index contributed by atoms with van der Waals surface area (Å²) in [6, 6.07) is 11.1. The Labute approximate surface area is 173 Å². The number of para-hydroxylation sites is 1. The van der Waals surface area contributed by atoms with Gasteiger partial charge in [0.05, 0.1) is 30.9 Å². The molecule has 0 aromatic heterocycles. The molecule has 5 nitrogen and oxygen atoms in total. The summed E-state index contributed by atoms with van der Waals surface area (Å²) in [5.74, 6) is 0.394. The number of fused-ring (bicyclic) bond motifs is 1. The molecule has 0 aliphatic carbocycles. The molecule has 1 aliphatic rings. The Morgan fingerprint density at radius 3 is 2.59 bits per heavy atom. The van der Waals surface area contributed by atoms with Crippen LogP contribution < -0.4 is 14.4 Å². The Kier molecular flexibility index (Phi) is 6.42. The van der Waals surface area contributed by atoms with Gasteiger partial charge in [-0.05, 0) is 29.7 Å². The number of alkyl halides is 2. The fourth-order valence-electron chi connectivity index (χ4n) is 3.45. The number of nitrogens with one attached hydrogen (secondary N) is 2. The minimum atomic E-state index is -2.97. The van der Waals surface area contributed by atoms with Gasteiger partial charge in [0.15, 0.2) is 17.3 Å². The molecule has 0 bridgehead atoms. The number of hydrogen-bond acceptors (Lipinski definition) is 5. The monoisotopic (exact) mass is 419 g/mol. The van der Waals surface area contributed by atoms with Gasteiger partial charge in [-0.1, -0.05) is 31.2 Å². The van der Waals surface area contributed by atoms with Crippen molar-refractivity contribution in [1.29, 1.82) is 10.8 Å². The number of anilines is 1. The van der Waals surface area contributed by atoms with E-state index in [4.69, 9.17) is 20.3 Å². The highest BCUT2D eigenvalue weighted by Crippen LogP contribution is 2.48. The van der Waals surface area contributed by atoms with E-state index < -0.39 is 12.3 Å². The van der Waals surface area contributed by atoms with Gasteiger partial charge in [-0.25, -0.2) is 8.78 Å². The zero-order chi connectivity index (χ0) is 21.1. The lowest BCUT2D eigenvalue weighted by molar-refractivity contribution is 0.223. The number of methoxy groups -OCH3 is 2. The van der Waals surface area contributed by atoms with Crippen LogP contribution in [0.1, 0.15) is 28.9 Å². The maximum Gasteiger partial charge on any atom is 0.295 e. The smallest absolute Gasteiger partial charge is 0.295 e. The minimum absolute atomic E-state index is 0.0461. The number of rotatable bonds is 5. The summed E-state index contributed by atoms with van der Waals surface area (Å²) in [5.41, 5.74) is 3.09. The van der Waals surface area contributed by atoms with Crippen molar-refractivity contribution < 1.29 is 18.3 Å². The number of ether oxygens (including phenoxy) is 2. The molecule has 8 heteroatoms. The second-order valence-electron chi connectivity index (χ2n) is 6.49. The first-order chi connectivity index (χ1) is 13.9. The van der Waals surface area contributed by atoms with Gasteiger partial charge in [-0.15, -0.1) is 11.8 Å². The maximum atomic E-state index is 13.4. The Hall–Kier alpha value is -2.61. The van der Waals surface area contributed by atoms with Crippen LogP contribution in [0.4, 0.5) is 14.5 Å². The van der Waals surface area contributed by atoms with Gasteiger partial charge >= 0.3 is 0 Å². The summed E-state index contributed by atoms with van der Waals surface area (Å²) in [5, 5.41) is 16.0. The predicted octanol–water partition coefficient (Wildman–Crippen LogP) is 5.13. The van der Waals surface area contributed by atoms with Crippen molar-refractivity contribution in [3.63, 3.8) is 0 Å². The van der Waals surface area contributed by atoms with Gasteiger partial charge in [-0.3, -0.25) is 15.7 Å². The van der Waals surface area contributed by atoms with Crippen LogP contribution in [-0.2, 0) is 6.42 Å². The molecule has 2 aromatic carbocycles.